The molecule has 0 amide bonds. The van der Waals surface area contributed by atoms with Crippen molar-refractivity contribution in [2.75, 3.05) is 18.6 Å². The highest BCUT2D eigenvalue weighted by Gasteiger charge is 2.11. The third-order valence-corrected chi connectivity index (χ3v) is 3.78. The second-order valence-electron chi connectivity index (χ2n) is 4.52. The quantitative estimate of drug-likeness (QED) is 0.630. The molecule has 0 bridgehead atoms. The summed E-state index contributed by atoms with van der Waals surface area (Å²) >= 11 is 18.0. The Morgan fingerprint density at radius 2 is 1.64 bits per heavy atom. The molecule has 3 rings (SSSR count). The molecule has 1 aliphatic rings. The zero-order valence-electron chi connectivity index (χ0n) is 11.3. The molecule has 1 heterocycles. The van der Waals surface area contributed by atoms with Crippen molar-refractivity contribution < 1.29 is 9.47 Å². The van der Waals surface area contributed by atoms with Crippen LogP contribution < -0.4 is 14.9 Å². The highest BCUT2D eigenvalue weighted by atomic mass is 35.5. The van der Waals surface area contributed by atoms with Gasteiger partial charge in [0, 0.05) is 5.02 Å². The van der Waals surface area contributed by atoms with Gasteiger partial charge in [0.05, 0.1) is 21.9 Å². The molecule has 22 heavy (non-hydrogen) atoms. The number of hydrogen-bond donors (Lipinski definition) is 1. The molecule has 7 heteroatoms. The van der Waals surface area contributed by atoms with Crippen molar-refractivity contribution >= 4 is 46.7 Å². The van der Waals surface area contributed by atoms with Crippen molar-refractivity contribution in [3.05, 3.63) is 51.0 Å². The summed E-state index contributed by atoms with van der Waals surface area (Å²) in [4.78, 5) is 0. The van der Waals surface area contributed by atoms with Crippen LogP contribution in [0.3, 0.4) is 0 Å². The molecule has 0 unspecified atom stereocenters. The van der Waals surface area contributed by atoms with Crippen LogP contribution in [0.4, 0.5) is 5.69 Å². The third-order valence-electron chi connectivity index (χ3n) is 2.96. The zero-order valence-corrected chi connectivity index (χ0v) is 13.5. The Morgan fingerprint density at radius 3 is 2.36 bits per heavy atom. The van der Waals surface area contributed by atoms with E-state index in [0.29, 0.717) is 39.7 Å². The van der Waals surface area contributed by atoms with Crippen LogP contribution in [0.5, 0.6) is 11.5 Å². The Kier molecular flexibility index (Phi) is 4.62. The number of nitrogens with one attached hydrogen (secondary N) is 1. The van der Waals surface area contributed by atoms with E-state index in [2.05, 4.69) is 10.5 Å². The fraction of sp³-hybridized carbons (Fsp3) is 0.133. The van der Waals surface area contributed by atoms with Gasteiger partial charge in [-0.1, -0.05) is 34.8 Å². The van der Waals surface area contributed by atoms with E-state index in [0.717, 1.165) is 11.3 Å². The first-order valence-corrected chi connectivity index (χ1v) is 7.60. The molecule has 0 atom stereocenters. The average molecular weight is 358 g/mol. The van der Waals surface area contributed by atoms with Crippen LogP contribution in [-0.2, 0) is 0 Å². The van der Waals surface area contributed by atoms with Crippen LogP contribution >= 0.6 is 34.8 Å². The van der Waals surface area contributed by atoms with Gasteiger partial charge < -0.3 is 9.47 Å². The molecule has 114 valence electrons. The summed E-state index contributed by atoms with van der Waals surface area (Å²) in [7, 11) is 0. The number of nitrogens with zero attached hydrogens (tertiary/aromatic N) is 1. The Balaban J connectivity index is 1.75. The molecule has 0 aromatic heterocycles. The average Bonchev–Trinajstić information content (AvgIpc) is 2.49. The van der Waals surface area contributed by atoms with E-state index in [-0.39, 0.29) is 0 Å². The maximum Gasteiger partial charge on any atom is 0.162 e. The molecule has 1 aliphatic heterocycles. The Bertz CT molecular complexity index is 712. The predicted octanol–water partition coefficient (Wildman–Crippen LogP) is 4.86. The van der Waals surface area contributed by atoms with Gasteiger partial charge in [0.2, 0.25) is 0 Å². The van der Waals surface area contributed by atoms with Crippen molar-refractivity contribution in [2.24, 2.45) is 5.10 Å². The van der Waals surface area contributed by atoms with Crippen molar-refractivity contribution in [2.45, 2.75) is 0 Å². The van der Waals surface area contributed by atoms with E-state index in [9.17, 15) is 0 Å². The molecule has 0 saturated carbocycles. The molecule has 0 radical (unpaired) electrons. The van der Waals surface area contributed by atoms with Gasteiger partial charge in [-0.05, 0) is 35.9 Å². The van der Waals surface area contributed by atoms with E-state index < -0.39 is 0 Å². The number of anilines is 1. The standard InChI is InChI=1S/C15H11Cl3N2O2/c16-10-6-11(17)15(12(18)7-10)20-19-8-9-1-2-13-14(5-9)22-4-3-21-13/h1-2,5-8,20H,3-4H2/b19-8-. The second kappa shape index (κ2) is 6.65. The molecule has 0 spiro atoms. The lowest BCUT2D eigenvalue weighted by Gasteiger charge is -2.18. The molecule has 0 fully saturated rings. The lowest BCUT2D eigenvalue weighted by atomic mass is 10.2. The summed E-state index contributed by atoms with van der Waals surface area (Å²) in [6, 6.07) is 8.76. The second-order valence-corrected chi connectivity index (χ2v) is 5.77. The smallest absolute Gasteiger partial charge is 0.162 e. The van der Waals surface area contributed by atoms with Gasteiger partial charge in [0.15, 0.2) is 11.5 Å². The van der Waals surface area contributed by atoms with E-state index in [1.54, 1.807) is 18.3 Å². The lowest BCUT2D eigenvalue weighted by molar-refractivity contribution is 0.171. The van der Waals surface area contributed by atoms with Gasteiger partial charge in [0.25, 0.3) is 0 Å². The van der Waals surface area contributed by atoms with E-state index in [1.807, 2.05) is 18.2 Å². The summed E-state index contributed by atoms with van der Waals surface area (Å²) in [6.45, 7) is 1.11. The molecular formula is C15H11Cl3N2O2. The van der Waals surface area contributed by atoms with E-state index in [4.69, 9.17) is 44.3 Å². The Morgan fingerprint density at radius 1 is 0.955 bits per heavy atom. The SMILES string of the molecule is Clc1cc(Cl)c(N/N=C\c2ccc3c(c2)OCCO3)c(Cl)c1. The number of hydrogen-bond acceptors (Lipinski definition) is 4. The van der Waals surface area contributed by atoms with Crippen molar-refractivity contribution in [1.82, 2.24) is 0 Å². The van der Waals surface area contributed by atoms with E-state index >= 15 is 0 Å². The summed E-state index contributed by atoms with van der Waals surface area (Å²) in [5, 5.41) is 5.40. The van der Waals surface area contributed by atoms with Crippen LogP contribution in [0, 0.1) is 0 Å². The normalized spacial score (nSPS) is 13.4. The molecule has 1 N–H and O–H groups in total. The van der Waals surface area contributed by atoms with Crippen LogP contribution in [-0.4, -0.2) is 19.4 Å². The topological polar surface area (TPSA) is 42.9 Å². The number of ether oxygens (including phenoxy) is 2. The molecule has 0 aliphatic carbocycles. The van der Waals surface area contributed by atoms with Gasteiger partial charge in [-0.3, -0.25) is 5.43 Å². The van der Waals surface area contributed by atoms with Crippen molar-refractivity contribution in [1.29, 1.82) is 0 Å². The third kappa shape index (κ3) is 3.40. The number of rotatable bonds is 3. The molecular weight excluding hydrogens is 347 g/mol. The van der Waals surface area contributed by atoms with Crippen molar-refractivity contribution in [3.8, 4) is 11.5 Å². The molecule has 2 aromatic rings. The van der Waals surface area contributed by atoms with Gasteiger partial charge in [-0.2, -0.15) is 5.10 Å². The number of halogens is 3. The first kappa shape index (κ1) is 15.3. The minimum atomic E-state index is 0.400. The van der Waals surface area contributed by atoms with E-state index in [1.165, 1.54) is 0 Å². The summed E-state index contributed by atoms with van der Waals surface area (Å²) in [5.41, 5.74) is 4.17. The number of fused-ring (bicyclic) bond motifs is 1. The van der Waals surface area contributed by atoms with Crippen LogP contribution in [0.2, 0.25) is 15.1 Å². The summed E-state index contributed by atoms with van der Waals surface area (Å²) < 4.78 is 11.0. The Labute approximate surface area is 142 Å². The van der Waals surface area contributed by atoms with Crippen LogP contribution in [0.15, 0.2) is 35.4 Å². The number of benzene rings is 2. The summed E-state index contributed by atoms with van der Waals surface area (Å²) in [6.07, 6.45) is 1.64. The zero-order chi connectivity index (χ0) is 15.5. The maximum atomic E-state index is 6.07. The number of hydrazone groups is 1. The molecule has 2 aromatic carbocycles. The van der Waals surface area contributed by atoms with Gasteiger partial charge in [-0.25, -0.2) is 0 Å². The molecule has 4 nitrogen and oxygen atoms in total. The lowest BCUT2D eigenvalue weighted by Crippen LogP contribution is -2.15. The first-order chi connectivity index (χ1) is 10.6. The summed E-state index contributed by atoms with van der Waals surface area (Å²) in [5.74, 6) is 1.44. The Hall–Kier alpha value is -1.62. The minimum Gasteiger partial charge on any atom is -0.486 e. The van der Waals surface area contributed by atoms with Gasteiger partial charge >= 0.3 is 0 Å². The largest absolute Gasteiger partial charge is 0.486 e. The first-order valence-electron chi connectivity index (χ1n) is 6.47. The fourth-order valence-electron chi connectivity index (χ4n) is 1.96. The van der Waals surface area contributed by atoms with Gasteiger partial charge in [0.1, 0.15) is 13.2 Å². The van der Waals surface area contributed by atoms with Gasteiger partial charge in [-0.15, -0.1) is 0 Å². The fourth-order valence-corrected chi connectivity index (χ4v) is 2.86. The highest BCUT2D eigenvalue weighted by Crippen LogP contribution is 2.34. The molecule has 0 saturated heterocycles. The predicted molar refractivity (Wildman–Crippen MR) is 90.1 cm³/mol. The minimum absolute atomic E-state index is 0.400. The van der Waals surface area contributed by atoms with Crippen molar-refractivity contribution in [3.63, 3.8) is 0 Å². The monoisotopic (exact) mass is 356 g/mol. The van der Waals surface area contributed by atoms with Crippen LogP contribution in [0.1, 0.15) is 5.56 Å². The van der Waals surface area contributed by atoms with Crippen LogP contribution in [0.25, 0.3) is 0 Å². The maximum absolute atomic E-state index is 6.07. The highest BCUT2D eigenvalue weighted by molar-refractivity contribution is 6.41.